The molecule has 0 unspecified atom stereocenters. The summed E-state index contributed by atoms with van der Waals surface area (Å²) in [7, 11) is 1.13. The number of nitrogens with zero attached hydrogens (tertiary/aromatic N) is 2. The molecule has 0 atom stereocenters. The van der Waals surface area contributed by atoms with Crippen molar-refractivity contribution in [3.8, 4) is 11.4 Å². The number of hydrogen-bond acceptors (Lipinski definition) is 4. The highest BCUT2D eigenvalue weighted by Gasteiger charge is 2.17. The third-order valence-corrected chi connectivity index (χ3v) is 3.22. The zero-order valence-electron chi connectivity index (χ0n) is 8.61. The van der Waals surface area contributed by atoms with Crippen molar-refractivity contribution in [2.45, 2.75) is 12.1 Å². The van der Waals surface area contributed by atoms with Crippen LogP contribution in [0.1, 0.15) is 5.56 Å². The zero-order chi connectivity index (χ0) is 12.6. The van der Waals surface area contributed by atoms with Gasteiger partial charge in [0.05, 0.1) is 0 Å². The largest absolute Gasteiger partial charge is 0.296 e. The molecule has 0 saturated carbocycles. The van der Waals surface area contributed by atoms with Gasteiger partial charge in [-0.15, -0.1) is 0 Å². The Morgan fingerprint density at radius 2 is 2.12 bits per heavy atom. The summed E-state index contributed by atoms with van der Waals surface area (Å²) in [5.74, 6) is -0.369. The summed E-state index contributed by atoms with van der Waals surface area (Å²) in [6.07, 6.45) is 0. The fourth-order valence-electron chi connectivity index (χ4n) is 1.31. The van der Waals surface area contributed by atoms with Gasteiger partial charge in [-0.2, -0.15) is 10.1 Å². The van der Waals surface area contributed by atoms with Crippen LogP contribution in [0.2, 0.25) is 0 Å². The zero-order valence-corrected chi connectivity index (χ0v) is 10.2. The summed E-state index contributed by atoms with van der Waals surface area (Å²) in [4.78, 5) is 3.70. The molecule has 0 aliphatic heterocycles. The van der Waals surface area contributed by atoms with Gasteiger partial charge < -0.3 is 0 Å². The number of aromatic nitrogens is 3. The molecule has 0 spiro atoms. The third-order valence-electron chi connectivity index (χ3n) is 2.14. The summed E-state index contributed by atoms with van der Waals surface area (Å²) >= 11 is 0. The predicted octanol–water partition coefficient (Wildman–Crippen LogP) is 1.85. The van der Waals surface area contributed by atoms with Gasteiger partial charge in [-0.3, -0.25) is 0 Å². The van der Waals surface area contributed by atoms with Crippen molar-refractivity contribution < 1.29 is 12.8 Å². The van der Waals surface area contributed by atoms with Crippen molar-refractivity contribution in [2.24, 2.45) is 0 Å². The average molecular weight is 276 g/mol. The molecular weight excluding hydrogens is 269 g/mol. The maximum absolute atomic E-state index is 13.1. The summed E-state index contributed by atoms with van der Waals surface area (Å²) < 4.78 is 35.0. The minimum absolute atomic E-state index is 0.0845. The highest BCUT2D eigenvalue weighted by Crippen LogP contribution is 2.22. The van der Waals surface area contributed by atoms with Crippen LogP contribution in [0.3, 0.4) is 0 Å². The molecule has 2 aromatic rings. The lowest BCUT2D eigenvalue weighted by molar-refractivity contribution is 0.602. The number of hydrogen-bond donors (Lipinski definition) is 1. The fraction of sp³-hybridized carbons (Fsp3) is 0.111. The van der Waals surface area contributed by atoms with Crippen LogP contribution in [-0.4, -0.2) is 23.6 Å². The summed E-state index contributed by atoms with van der Waals surface area (Å²) in [5.41, 5.74) is 1.14. The number of aryl methyl sites for hydroxylation is 1. The second kappa shape index (κ2) is 4.08. The molecule has 2 rings (SSSR count). The Labute approximate surface area is 101 Å². The number of benzene rings is 1. The second-order valence-electron chi connectivity index (χ2n) is 3.36. The molecule has 8 heteroatoms. The highest BCUT2D eigenvalue weighted by molar-refractivity contribution is 8.13. The first kappa shape index (κ1) is 12.0. The SMILES string of the molecule is Cc1ccc(F)cc1-c1n[nH]c(S(=O)(=O)Cl)n1. The minimum atomic E-state index is -3.96. The molecule has 1 aromatic heterocycles. The van der Waals surface area contributed by atoms with Crippen LogP contribution in [0.15, 0.2) is 23.4 Å². The molecule has 1 N–H and O–H groups in total. The number of halogens is 2. The fourth-order valence-corrected chi connectivity index (χ4v) is 1.87. The smallest absolute Gasteiger partial charge is 0.248 e. The van der Waals surface area contributed by atoms with Crippen molar-refractivity contribution in [3.63, 3.8) is 0 Å². The van der Waals surface area contributed by atoms with E-state index < -0.39 is 20.0 Å². The van der Waals surface area contributed by atoms with E-state index in [4.69, 9.17) is 10.7 Å². The molecule has 17 heavy (non-hydrogen) atoms. The third kappa shape index (κ3) is 2.45. The number of aromatic amines is 1. The predicted molar refractivity (Wildman–Crippen MR) is 59.6 cm³/mol. The van der Waals surface area contributed by atoms with Crippen molar-refractivity contribution in [3.05, 3.63) is 29.6 Å². The van der Waals surface area contributed by atoms with Crippen LogP contribution in [0, 0.1) is 12.7 Å². The van der Waals surface area contributed by atoms with Crippen molar-refractivity contribution >= 4 is 19.7 Å². The summed E-state index contributed by atoms with van der Waals surface area (Å²) in [5, 5.41) is 5.42. The van der Waals surface area contributed by atoms with Gasteiger partial charge in [0, 0.05) is 16.2 Å². The Kier molecular flexibility index (Phi) is 2.88. The Morgan fingerprint density at radius 1 is 1.41 bits per heavy atom. The summed E-state index contributed by atoms with van der Waals surface area (Å²) in [6, 6.07) is 4.07. The first-order chi connectivity index (χ1) is 7.88. The van der Waals surface area contributed by atoms with Gasteiger partial charge in [-0.25, -0.2) is 17.9 Å². The van der Waals surface area contributed by atoms with Gasteiger partial charge >= 0.3 is 0 Å². The van der Waals surface area contributed by atoms with E-state index in [-0.39, 0.29) is 5.82 Å². The quantitative estimate of drug-likeness (QED) is 0.849. The van der Waals surface area contributed by atoms with Crippen LogP contribution < -0.4 is 0 Å². The normalized spacial score (nSPS) is 11.7. The standard InChI is InChI=1S/C9H7ClFN3O2S/c1-5-2-3-6(11)4-7(5)8-12-9(14-13-8)17(10,15)16/h2-4H,1H3,(H,12,13,14). The van der Waals surface area contributed by atoms with Crippen LogP contribution in [-0.2, 0) is 9.05 Å². The van der Waals surface area contributed by atoms with E-state index in [1.54, 1.807) is 13.0 Å². The van der Waals surface area contributed by atoms with E-state index in [0.717, 1.165) is 5.56 Å². The molecule has 0 amide bonds. The molecule has 1 heterocycles. The molecule has 1 aromatic carbocycles. The van der Waals surface area contributed by atoms with Crippen molar-refractivity contribution in [1.29, 1.82) is 0 Å². The lowest BCUT2D eigenvalue weighted by Gasteiger charge is -2.00. The Bertz CT molecular complexity index is 669. The van der Waals surface area contributed by atoms with Gasteiger partial charge in [0.2, 0.25) is 0 Å². The first-order valence-electron chi connectivity index (χ1n) is 4.51. The van der Waals surface area contributed by atoms with E-state index >= 15 is 0 Å². The lowest BCUT2D eigenvalue weighted by Crippen LogP contribution is -1.93. The van der Waals surface area contributed by atoms with E-state index in [0.29, 0.717) is 5.56 Å². The van der Waals surface area contributed by atoms with E-state index in [2.05, 4.69) is 15.2 Å². The average Bonchev–Trinajstić information content (AvgIpc) is 2.70. The van der Waals surface area contributed by atoms with Crippen LogP contribution in [0.5, 0.6) is 0 Å². The topological polar surface area (TPSA) is 75.7 Å². The Balaban J connectivity index is 2.55. The van der Waals surface area contributed by atoms with Gasteiger partial charge in [-0.05, 0) is 24.6 Å². The van der Waals surface area contributed by atoms with Gasteiger partial charge in [0.15, 0.2) is 5.82 Å². The second-order valence-corrected chi connectivity index (χ2v) is 5.84. The van der Waals surface area contributed by atoms with Crippen LogP contribution >= 0.6 is 10.7 Å². The number of H-pyrrole nitrogens is 1. The van der Waals surface area contributed by atoms with Crippen molar-refractivity contribution in [1.82, 2.24) is 15.2 Å². The number of rotatable bonds is 2. The molecule has 0 aliphatic carbocycles. The van der Waals surface area contributed by atoms with Crippen LogP contribution in [0.25, 0.3) is 11.4 Å². The molecular formula is C9H7ClFN3O2S. The maximum atomic E-state index is 13.1. The molecule has 0 fully saturated rings. The Hall–Kier alpha value is -1.47. The van der Waals surface area contributed by atoms with Gasteiger partial charge in [-0.1, -0.05) is 6.07 Å². The van der Waals surface area contributed by atoms with E-state index in [9.17, 15) is 12.8 Å². The Morgan fingerprint density at radius 3 is 2.71 bits per heavy atom. The molecule has 0 radical (unpaired) electrons. The van der Waals surface area contributed by atoms with Crippen LogP contribution in [0.4, 0.5) is 4.39 Å². The highest BCUT2D eigenvalue weighted by atomic mass is 35.7. The molecule has 90 valence electrons. The van der Waals surface area contributed by atoms with Crippen molar-refractivity contribution in [2.75, 3.05) is 0 Å². The molecule has 0 saturated heterocycles. The molecule has 0 bridgehead atoms. The lowest BCUT2D eigenvalue weighted by atomic mass is 10.1. The molecule has 0 aliphatic rings. The summed E-state index contributed by atoms with van der Waals surface area (Å²) in [6.45, 7) is 1.74. The van der Waals surface area contributed by atoms with E-state index in [1.807, 2.05) is 0 Å². The molecule has 5 nitrogen and oxygen atoms in total. The van der Waals surface area contributed by atoms with E-state index in [1.165, 1.54) is 12.1 Å². The van der Waals surface area contributed by atoms with Gasteiger partial charge in [0.1, 0.15) is 5.82 Å². The first-order valence-corrected chi connectivity index (χ1v) is 6.82. The maximum Gasteiger partial charge on any atom is 0.296 e. The van der Waals surface area contributed by atoms with Gasteiger partial charge in [0.25, 0.3) is 14.2 Å². The minimum Gasteiger partial charge on any atom is -0.248 e. The number of nitrogens with one attached hydrogen (secondary N) is 1. The monoisotopic (exact) mass is 275 g/mol.